The van der Waals surface area contributed by atoms with Crippen molar-refractivity contribution in [2.75, 3.05) is 6.54 Å². The van der Waals surface area contributed by atoms with Gasteiger partial charge in [-0.25, -0.2) is 0 Å². The van der Waals surface area contributed by atoms with Crippen molar-refractivity contribution in [3.63, 3.8) is 0 Å². The quantitative estimate of drug-likeness (QED) is 0.362. The van der Waals surface area contributed by atoms with Crippen LogP contribution in [0.15, 0.2) is 27.7 Å². The maximum Gasteiger partial charge on any atom is 0.433 e. The fourth-order valence-electron chi connectivity index (χ4n) is 1.14. The molecule has 1 aromatic rings. The first-order valence-corrected chi connectivity index (χ1v) is 6.37. The Morgan fingerprint density at radius 3 is 2.95 bits per heavy atom. The van der Waals surface area contributed by atoms with E-state index in [1.807, 2.05) is 0 Å². The second-order valence-electron chi connectivity index (χ2n) is 4.29. The summed E-state index contributed by atoms with van der Waals surface area (Å²) in [6, 6.07) is 2.80. The first-order valence-electron chi connectivity index (χ1n) is 5.97. The molecule has 0 unspecified atom stereocenters. The highest BCUT2D eigenvalue weighted by Crippen LogP contribution is 2.16. The highest BCUT2D eigenvalue weighted by Gasteiger charge is 2.09. The Balaban J connectivity index is 2.34. The number of hydrogen-bond donors (Lipinski definition) is 2. The minimum Gasteiger partial charge on any atom is -0.401 e. The van der Waals surface area contributed by atoms with Crippen molar-refractivity contribution in [3.05, 3.63) is 34.1 Å². The minimum atomic E-state index is -0.591. The van der Waals surface area contributed by atoms with E-state index in [9.17, 15) is 10.1 Å². The average Bonchev–Trinajstić information content (AvgIpc) is 2.85. The lowest BCUT2D eigenvalue weighted by molar-refractivity contribution is -0.402. The van der Waals surface area contributed by atoms with Crippen molar-refractivity contribution in [1.82, 2.24) is 10.7 Å². The Bertz CT molecular complexity index is 523. The van der Waals surface area contributed by atoms with E-state index in [0.29, 0.717) is 16.8 Å². The van der Waals surface area contributed by atoms with Crippen molar-refractivity contribution in [2.24, 2.45) is 11.0 Å². The maximum atomic E-state index is 10.4. The summed E-state index contributed by atoms with van der Waals surface area (Å²) in [5.41, 5.74) is 2.65. The first kappa shape index (κ1) is 15.8. The van der Waals surface area contributed by atoms with Gasteiger partial charge in [0, 0.05) is 12.8 Å². The molecule has 0 bridgehead atoms. The Kier molecular flexibility index (Phi) is 6.38. The molecule has 0 aliphatic rings. The van der Waals surface area contributed by atoms with Crippen LogP contribution >= 0.6 is 12.2 Å². The van der Waals surface area contributed by atoms with Crippen LogP contribution < -0.4 is 10.7 Å². The number of furan rings is 1. The van der Waals surface area contributed by atoms with Crippen LogP contribution in [0.5, 0.6) is 0 Å². The van der Waals surface area contributed by atoms with Crippen LogP contribution in [0.25, 0.3) is 6.08 Å². The predicted octanol–water partition coefficient (Wildman–Crippen LogP) is 2.31. The van der Waals surface area contributed by atoms with Gasteiger partial charge >= 0.3 is 5.88 Å². The summed E-state index contributed by atoms with van der Waals surface area (Å²) in [6.07, 6.45) is 4.61. The van der Waals surface area contributed by atoms with Crippen LogP contribution in [0, 0.1) is 16.0 Å². The average molecular weight is 296 g/mol. The molecule has 0 aromatic carbocycles. The molecule has 0 radical (unpaired) electrons. The number of allylic oxidation sites excluding steroid dienone is 1. The van der Waals surface area contributed by atoms with E-state index < -0.39 is 4.92 Å². The van der Waals surface area contributed by atoms with Gasteiger partial charge < -0.3 is 9.73 Å². The van der Waals surface area contributed by atoms with Gasteiger partial charge in [-0.05, 0) is 36.4 Å². The fourth-order valence-corrected chi connectivity index (χ4v) is 1.28. The summed E-state index contributed by atoms with van der Waals surface area (Å²) in [4.78, 5) is 9.81. The van der Waals surface area contributed by atoms with Gasteiger partial charge in [-0.15, -0.1) is 0 Å². The smallest absolute Gasteiger partial charge is 0.401 e. The summed E-state index contributed by atoms with van der Waals surface area (Å²) >= 11 is 4.99. The molecule has 0 atom stereocenters. The summed E-state index contributed by atoms with van der Waals surface area (Å²) in [6.45, 7) is 4.92. The lowest BCUT2D eigenvalue weighted by Crippen LogP contribution is -2.34. The van der Waals surface area contributed by atoms with Gasteiger partial charge in [-0.3, -0.25) is 15.5 Å². The van der Waals surface area contributed by atoms with Crippen LogP contribution in [0.1, 0.15) is 19.6 Å². The zero-order valence-electron chi connectivity index (χ0n) is 11.2. The standard InChI is InChI=1S/C12H16N4O3S/c1-9(2)8-13-12(20)15-14-7-3-4-10-5-6-11(19-10)16(17)18/h3-7,9H,8H2,1-2H3,(H2,13,15,20)/b4-3-,14-7+. The van der Waals surface area contributed by atoms with Gasteiger partial charge in [0.1, 0.15) is 10.7 Å². The van der Waals surface area contributed by atoms with Gasteiger partial charge in [0.15, 0.2) is 5.11 Å². The van der Waals surface area contributed by atoms with E-state index in [0.717, 1.165) is 6.54 Å². The second kappa shape index (κ2) is 8.05. The number of rotatable bonds is 6. The zero-order chi connectivity index (χ0) is 15.0. The number of hydrazone groups is 1. The van der Waals surface area contributed by atoms with Crippen molar-refractivity contribution in [2.45, 2.75) is 13.8 Å². The molecule has 0 spiro atoms. The van der Waals surface area contributed by atoms with E-state index in [4.69, 9.17) is 16.6 Å². The molecule has 1 aromatic heterocycles. The van der Waals surface area contributed by atoms with Crippen molar-refractivity contribution < 1.29 is 9.34 Å². The summed E-state index contributed by atoms with van der Waals surface area (Å²) < 4.78 is 4.93. The number of thiocarbonyl (C=S) groups is 1. The number of nitrogens with one attached hydrogen (secondary N) is 2. The van der Waals surface area contributed by atoms with Crippen LogP contribution in [0.2, 0.25) is 0 Å². The van der Waals surface area contributed by atoms with Crippen LogP contribution in [0.4, 0.5) is 5.88 Å². The van der Waals surface area contributed by atoms with Gasteiger partial charge in [0.25, 0.3) is 0 Å². The Hall–Kier alpha value is -2.22. The molecule has 0 aliphatic carbocycles. The van der Waals surface area contributed by atoms with E-state index in [-0.39, 0.29) is 5.88 Å². The van der Waals surface area contributed by atoms with E-state index in [1.54, 1.807) is 12.2 Å². The molecule has 108 valence electrons. The largest absolute Gasteiger partial charge is 0.433 e. The number of hydrogen-bond acceptors (Lipinski definition) is 5. The molecule has 7 nitrogen and oxygen atoms in total. The molecule has 8 heteroatoms. The zero-order valence-corrected chi connectivity index (χ0v) is 12.0. The normalized spacial score (nSPS) is 11.3. The van der Waals surface area contributed by atoms with Crippen molar-refractivity contribution in [3.8, 4) is 0 Å². The molecule has 1 rings (SSSR count). The highest BCUT2D eigenvalue weighted by molar-refractivity contribution is 7.80. The van der Waals surface area contributed by atoms with Crippen LogP contribution in [-0.2, 0) is 0 Å². The SMILES string of the molecule is CC(C)CNC(=S)N/N=C/C=C\c1ccc([N+](=O)[O-])o1. The molecule has 1 heterocycles. The monoisotopic (exact) mass is 296 g/mol. The molecule has 2 N–H and O–H groups in total. The summed E-state index contributed by atoms with van der Waals surface area (Å²) in [7, 11) is 0. The maximum absolute atomic E-state index is 10.4. The van der Waals surface area contributed by atoms with Gasteiger partial charge in [-0.2, -0.15) is 5.10 Å². The number of nitrogens with zero attached hydrogens (tertiary/aromatic N) is 2. The third kappa shape index (κ3) is 6.10. The van der Waals surface area contributed by atoms with E-state index in [2.05, 4.69) is 29.7 Å². The first-order chi connectivity index (χ1) is 9.49. The van der Waals surface area contributed by atoms with Crippen molar-refractivity contribution in [1.29, 1.82) is 0 Å². The van der Waals surface area contributed by atoms with Gasteiger partial charge in [0.05, 0.1) is 6.07 Å². The highest BCUT2D eigenvalue weighted by atomic mass is 32.1. The topological polar surface area (TPSA) is 92.7 Å². The Labute approximate surface area is 121 Å². The third-order valence-electron chi connectivity index (χ3n) is 2.05. The van der Waals surface area contributed by atoms with E-state index in [1.165, 1.54) is 18.3 Å². The molecule has 0 saturated heterocycles. The lowest BCUT2D eigenvalue weighted by atomic mass is 10.2. The van der Waals surface area contributed by atoms with Crippen LogP contribution in [0.3, 0.4) is 0 Å². The Morgan fingerprint density at radius 2 is 2.35 bits per heavy atom. The molecule has 0 aliphatic heterocycles. The lowest BCUT2D eigenvalue weighted by Gasteiger charge is -2.08. The number of nitro groups is 1. The van der Waals surface area contributed by atoms with Crippen molar-refractivity contribution >= 4 is 35.5 Å². The van der Waals surface area contributed by atoms with Gasteiger partial charge in [-0.1, -0.05) is 13.8 Å². The van der Waals surface area contributed by atoms with Crippen LogP contribution in [-0.4, -0.2) is 22.8 Å². The molecular formula is C12H16N4O3S. The summed E-state index contributed by atoms with van der Waals surface area (Å²) in [5.74, 6) is 0.579. The second-order valence-corrected chi connectivity index (χ2v) is 4.69. The molecule has 20 heavy (non-hydrogen) atoms. The van der Waals surface area contributed by atoms with Gasteiger partial charge in [0.2, 0.25) is 0 Å². The summed E-state index contributed by atoms with van der Waals surface area (Å²) in [5, 5.41) is 17.7. The fraction of sp³-hybridized carbons (Fsp3) is 0.333. The molecule has 0 saturated carbocycles. The third-order valence-corrected chi connectivity index (χ3v) is 2.29. The predicted molar refractivity (Wildman–Crippen MR) is 81.5 cm³/mol. The van der Waals surface area contributed by atoms with E-state index >= 15 is 0 Å². The molecule has 0 fully saturated rings. The Morgan fingerprint density at radius 1 is 1.60 bits per heavy atom. The molecular weight excluding hydrogens is 280 g/mol. The molecule has 0 amide bonds. The minimum absolute atomic E-state index is 0.293.